The Hall–Kier alpha value is -1.82. The first-order chi connectivity index (χ1) is 8.94. The van der Waals surface area contributed by atoms with Crippen molar-refractivity contribution in [2.24, 2.45) is 0 Å². The van der Waals surface area contributed by atoms with Gasteiger partial charge in [-0.3, -0.25) is 10.1 Å². The molecule has 0 bridgehead atoms. The molecule has 0 unspecified atom stereocenters. The van der Waals surface area contributed by atoms with Gasteiger partial charge in [0, 0.05) is 12.1 Å². The summed E-state index contributed by atoms with van der Waals surface area (Å²) in [6, 6.07) is 3.97. The Labute approximate surface area is 114 Å². The maximum absolute atomic E-state index is 11.4. The maximum atomic E-state index is 11.4. The van der Waals surface area contributed by atoms with Crippen molar-refractivity contribution in [3.05, 3.63) is 33.3 Å². The highest BCUT2D eigenvalue weighted by Gasteiger charge is 2.41. The number of non-ortho nitro benzene ring substituents is 1. The summed E-state index contributed by atoms with van der Waals surface area (Å²) in [5.74, 6) is -0.917. The van der Waals surface area contributed by atoms with E-state index in [2.05, 4.69) is 5.32 Å². The Morgan fingerprint density at radius 3 is 2.53 bits per heavy atom. The lowest BCUT2D eigenvalue weighted by atomic mass is 9.97. The van der Waals surface area contributed by atoms with E-state index in [-0.39, 0.29) is 10.7 Å². The zero-order chi connectivity index (χ0) is 14.0. The Balaban J connectivity index is 2.28. The Morgan fingerprint density at radius 1 is 1.42 bits per heavy atom. The number of carbonyl (C=O) groups is 1. The summed E-state index contributed by atoms with van der Waals surface area (Å²) in [6.07, 6.45) is 2.72. The Morgan fingerprint density at radius 2 is 2.05 bits per heavy atom. The number of aliphatic carboxylic acids is 1. The molecule has 1 aliphatic carbocycles. The fourth-order valence-electron chi connectivity index (χ4n) is 2.35. The topological polar surface area (TPSA) is 92.5 Å². The second-order valence-electron chi connectivity index (χ2n) is 4.64. The number of nitrogens with one attached hydrogen (secondary N) is 1. The molecule has 2 rings (SSSR count). The molecule has 0 amide bonds. The lowest BCUT2D eigenvalue weighted by molar-refractivity contribution is -0.384. The van der Waals surface area contributed by atoms with Crippen LogP contribution in [0.15, 0.2) is 18.2 Å². The van der Waals surface area contributed by atoms with Crippen LogP contribution < -0.4 is 5.32 Å². The number of nitro groups is 1. The minimum absolute atomic E-state index is 0.119. The van der Waals surface area contributed by atoms with E-state index >= 15 is 0 Å². The molecule has 6 nitrogen and oxygen atoms in total. The van der Waals surface area contributed by atoms with E-state index in [4.69, 9.17) is 11.6 Å². The van der Waals surface area contributed by atoms with Crippen molar-refractivity contribution < 1.29 is 14.8 Å². The van der Waals surface area contributed by atoms with Crippen LogP contribution >= 0.6 is 11.6 Å². The van der Waals surface area contributed by atoms with E-state index in [9.17, 15) is 20.0 Å². The van der Waals surface area contributed by atoms with Crippen LogP contribution in [0.4, 0.5) is 11.4 Å². The van der Waals surface area contributed by atoms with Gasteiger partial charge in [-0.15, -0.1) is 0 Å². The van der Waals surface area contributed by atoms with Gasteiger partial charge in [-0.2, -0.15) is 0 Å². The average molecular weight is 285 g/mol. The molecular formula is C12H13ClN2O4. The van der Waals surface area contributed by atoms with Crippen molar-refractivity contribution in [1.29, 1.82) is 0 Å². The number of hydrogen-bond donors (Lipinski definition) is 2. The second kappa shape index (κ2) is 5.05. The van der Waals surface area contributed by atoms with Crippen LogP contribution in [0.3, 0.4) is 0 Å². The number of benzene rings is 1. The zero-order valence-corrected chi connectivity index (χ0v) is 10.8. The van der Waals surface area contributed by atoms with Crippen LogP contribution in [0.5, 0.6) is 0 Å². The molecule has 0 heterocycles. The number of halogens is 1. The third kappa shape index (κ3) is 2.63. The van der Waals surface area contributed by atoms with Crippen molar-refractivity contribution in [1.82, 2.24) is 0 Å². The molecule has 19 heavy (non-hydrogen) atoms. The first-order valence-electron chi connectivity index (χ1n) is 5.90. The number of rotatable bonds is 4. The summed E-state index contributed by atoms with van der Waals surface area (Å²) in [5.41, 5.74) is -0.720. The molecule has 0 radical (unpaired) electrons. The minimum atomic E-state index is -1.01. The molecule has 0 spiro atoms. The van der Waals surface area contributed by atoms with E-state index in [1.807, 2.05) is 0 Å². The summed E-state index contributed by atoms with van der Waals surface area (Å²) in [7, 11) is 0. The molecular weight excluding hydrogens is 272 g/mol. The van der Waals surface area contributed by atoms with Crippen LogP contribution in [0.2, 0.25) is 5.02 Å². The summed E-state index contributed by atoms with van der Waals surface area (Å²) >= 11 is 5.96. The van der Waals surface area contributed by atoms with E-state index in [1.54, 1.807) is 0 Å². The SMILES string of the molecule is O=C(O)C1(Nc2ccc([N+](=O)[O-])cc2Cl)CCCC1. The van der Waals surface area contributed by atoms with Crippen molar-refractivity contribution in [2.45, 2.75) is 31.2 Å². The van der Waals surface area contributed by atoms with Gasteiger partial charge in [0.05, 0.1) is 15.6 Å². The van der Waals surface area contributed by atoms with E-state index in [0.717, 1.165) is 12.8 Å². The largest absolute Gasteiger partial charge is 0.480 e. The van der Waals surface area contributed by atoms with Gasteiger partial charge in [0.2, 0.25) is 0 Å². The predicted octanol–water partition coefficient (Wildman–Crippen LogP) is 3.06. The second-order valence-corrected chi connectivity index (χ2v) is 5.05. The smallest absolute Gasteiger partial charge is 0.329 e. The molecule has 0 aliphatic heterocycles. The summed E-state index contributed by atoms with van der Waals surface area (Å²) < 4.78 is 0. The van der Waals surface area contributed by atoms with Crippen molar-refractivity contribution >= 4 is 28.9 Å². The van der Waals surface area contributed by atoms with Crippen molar-refractivity contribution in [2.75, 3.05) is 5.32 Å². The summed E-state index contributed by atoms with van der Waals surface area (Å²) in [5, 5.41) is 23.0. The third-order valence-corrected chi connectivity index (χ3v) is 3.72. The lowest BCUT2D eigenvalue weighted by Gasteiger charge is -2.27. The molecule has 102 valence electrons. The molecule has 2 N–H and O–H groups in total. The van der Waals surface area contributed by atoms with Crippen LogP contribution in [0.25, 0.3) is 0 Å². The number of anilines is 1. The van der Waals surface area contributed by atoms with E-state index in [1.165, 1.54) is 18.2 Å². The fraction of sp³-hybridized carbons (Fsp3) is 0.417. The van der Waals surface area contributed by atoms with Gasteiger partial charge in [-0.25, -0.2) is 4.79 Å². The van der Waals surface area contributed by atoms with Gasteiger partial charge in [-0.05, 0) is 18.9 Å². The summed E-state index contributed by atoms with van der Waals surface area (Å²) in [4.78, 5) is 21.5. The minimum Gasteiger partial charge on any atom is -0.480 e. The van der Waals surface area contributed by atoms with Gasteiger partial charge in [0.15, 0.2) is 0 Å². The quantitative estimate of drug-likeness (QED) is 0.655. The fourth-order valence-corrected chi connectivity index (χ4v) is 2.57. The number of carboxylic acid groups (broad SMARTS) is 1. The van der Waals surface area contributed by atoms with Gasteiger partial charge >= 0.3 is 5.97 Å². The first kappa shape index (κ1) is 13.6. The highest BCUT2D eigenvalue weighted by molar-refractivity contribution is 6.33. The highest BCUT2D eigenvalue weighted by atomic mass is 35.5. The lowest BCUT2D eigenvalue weighted by Crippen LogP contribution is -2.43. The molecule has 1 fully saturated rings. The normalized spacial score (nSPS) is 17.1. The Kier molecular flexibility index (Phi) is 3.61. The molecule has 1 aliphatic rings. The number of nitrogens with zero attached hydrogens (tertiary/aromatic N) is 1. The van der Waals surface area contributed by atoms with Gasteiger partial charge in [-0.1, -0.05) is 24.4 Å². The molecule has 0 saturated heterocycles. The van der Waals surface area contributed by atoms with Crippen molar-refractivity contribution in [3.8, 4) is 0 Å². The van der Waals surface area contributed by atoms with E-state index < -0.39 is 16.4 Å². The van der Waals surface area contributed by atoms with Crippen LogP contribution in [-0.4, -0.2) is 21.5 Å². The number of hydrogen-bond acceptors (Lipinski definition) is 4. The van der Waals surface area contributed by atoms with Crippen LogP contribution in [-0.2, 0) is 4.79 Å². The van der Waals surface area contributed by atoms with Gasteiger partial charge in [0.25, 0.3) is 5.69 Å². The molecule has 1 saturated carbocycles. The predicted molar refractivity (Wildman–Crippen MR) is 70.6 cm³/mol. The van der Waals surface area contributed by atoms with Crippen LogP contribution in [0, 0.1) is 10.1 Å². The average Bonchev–Trinajstić information content (AvgIpc) is 2.81. The summed E-state index contributed by atoms with van der Waals surface area (Å²) in [6.45, 7) is 0. The number of nitro benzene ring substituents is 1. The third-order valence-electron chi connectivity index (χ3n) is 3.40. The molecule has 0 aromatic heterocycles. The zero-order valence-electron chi connectivity index (χ0n) is 10.1. The molecule has 1 aromatic rings. The van der Waals surface area contributed by atoms with Gasteiger partial charge in [0.1, 0.15) is 5.54 Å². The monoisotopic (exact) mass is 284 g/mol. The molecule has 7 heteroatoms. The van der Waals surface area contributed by atoms with Crippen LogP contribution in [0.1, 0.15) is 25.7 Å². The number of carboxylic acids is 1. The van der Waals surface area contributed by atoms with Crippen molar-refractivity contribution in [3.63, 3.8) is 0 Å². The molecule has 1 aromatic carbocycles. The molecule has 0 atom stereocenters. The highest BCUT2D eigenvalue weighted by Crippen LogP contribution is 2.36. The maximum Gasteiger partial charge on any atom is 0.329 e. The first-order valence-corrected chi connectivity index (χ1v) is 6.28. The standard InChI is InChI=1S/C12H13ClN2O4/c13-9-7-8(15(18)19)3-4-10(9)14-12(11(16)17)5-1-2-6-12/h3-4,7,14H,1-2,5-6H2,(H,16,17). The Bertz CT molecular complexity index is 526. The van der Waals surface area contributed by atoms with Gasteiger partial charge < -0.3 is 10.4 Å². The van der Waals surface area contributed by atoms with E-state index in [0.29, 0.717) is 18.5 Å².